The summed E-state index contributed by atoms with van der Waals surface area (Å²) in [5, 5.41) is 5.83. The zero-order chi connectivity index (χ0) is 17.5. The number of hydrogen-bond acceptors (Lipinski definition) is 4. The van der Waals surface area contributed by atoms with Crippen molar-refractivity contribution < 1.29 is 9.59 Å². The maximum absolute atomic E-state index is 11.9. The molecule has 0 saturated carbocycles. The summed E-state index contributed by atoms with van der Waals surface area (Å²) in [6, 6.07) is 7.41. The normalized spacial score (nSPS) is 16.5. The number of amides is 3. The fourth-order valence-electron chi connectivity index (χ4n) is 2.57. The molecule has 0 aliphatic carbocycles. The smallest absolute Gasteiger partial charge is 0.321 e. The van der Waals surface area contributed by atoms with E-state index >= 15 is 0 Å². The molecule has 1 aromatic carbocycles. The zero-order valence-corrected chi connectivity index (χ0v) is 15.0. The lowest BCUT2D eigenvalue weighted by Gasteiger charge is -2.35. The first-order chi connectivity index (χ1) is 11.5. The third-order valence-electron chi connectivity index (χ3n) is 4.16. The van der Waals surface area contributed by atoms with E-state index in [0.717, 1.165) is 43.3 Å². The van der Waals surface area contributed by atoms with Gasteiger partial charge in [-0.1, -0.05) is 24.6 Å². The molecule has 0 spiro atoms. The average molecular weight is 353 g/mol. The van der Waals surface area contributed by atoms with E-state index in [1.165, 1.54) is 0 Å². The summed E-state index contributed by atoms with van der Waals surface area (Å²) in [4.78, 5) is 27.9. The Balaban J connectivity index is 1.74. The Labute approximate surface area is 148 Å². The van der Waals surface area contributed by atoms with Crippen LogP contribution in [0.15, 0.2) is 24.3 Å². The van der Waals surface area contributed by atoms with E-state index in [1.54, 1.807) is 0 Å². The number of benzene rings is 1. The highest BCUT2D eigenvalue weighted by molar-refractivity contribution is 6.30. The number of rotatable bonds is 5. The van der Waals surface area contributed by atoms with Crippen molar-refractivity contribution in [3.05, 3.63) is 29.3 Å². The number of piperazine rings is 1. The highest BCUT2D eigenvalue weighted by Gasteiger charge is 2.20. The Morgan fingerprint density at radius 2 is 1.96 bits per heavy atom. The molecule has 2 N–H and O–H groups in total. The highest BCUT2D eigenvalue weighted by Crippen LogP contribution is 2.20. The predicted molar refractivity (Wildman–Crippen MR) is 96.5 cm³/mol. The molecule has 2 rings (SSSR count). The van der Waals surface area contributed by atoms with Crippen molar-refractivity contribution in [2.45, 2.75) is 26.3 Å². The Kier molecular flexibility index (Phi) is 6.87. The van der Waals surface area contributed by atoms with Gasteiger partial charge in [-0.3, -0.25) is 15.0 Å². The van der Waals surface area contributed by atoms with Gasteiger partial charge in [0.1, 0.15) is 0 Å². The van der Waals surface area contributed by atoms with Crippen molar-refractivity contribution in [3.8, 4) is 0 Å². The Morgan fingerprint density at radius 1 is 1.25 bits per heavy atom. The van der Waals surface area contributed by atoms with Crippen LogP contribution in [0.25, 0.3) is 0 Å². The molecule has 24 heavy (non-hydrogen) atoms. The van der Waals surface area contributed by atoms with Crippen LogP contribution in [-0.2, 0) is 4.79 Å². The second kappa shape index (κ2) is 8.89. The minimum atomic E-state index is -0.424. The maximum Gasteiger partial charge on any atom is 0.321 e. The maximum atomic E-state index is 11.9. The molecule has 1 fully saturated rings. The second-order valence-corrected chi connectivity index (χ2v) is 6.51. The molecule has 6 nitrogen and oxygen atoms in total. The average Bonchev–Trinajstić information content (AvgIpc) is 2.55. The first kappa shape index (κ1) is 18.5. The van der Waals surface area contributed by atoms with Crippen molar-refractivity contribution in [1.29, 1.82) is 0 Å². The first-order valence-corrected chi connectivity index (χ1v) is 8.69. The van der Waals surface area contributed by atoms with Gasteiger partial charge < -0.3 is 10.2 Å². The van der Waals surface area contributed by atoms with Gasteiger partial charge in [0, 0.05) is 42.9 Å². The van der Waals surface area contributed by atoms with Gasteiger partial charge in [-0.15, -0.1) is 0 Å². The molecule has 1 saturated heterocycles. The minimum absolute atomic E-state index is 0.0547. The molecule has 0 bridgehead atoms. The van der Waals surface area contributed by atoms with Gasteiger partial charge in [-0.05, 0) is 31.5 Å². The van der Waals surface area contributed by atoms with E-state index in [4.69, 9.17) is 11.6 Å². The third kappa shape index (κ3) is 5.69. The lowest BCUT2D eigenvalue weighted by molar-refractivity contribution is -0.121. The zero-order valence-electron chi connectivity index (χ0n) is 14.2. The van der Waals surface area contributed by atoms with E-state index < -0.39 is 6.03 Å². The number of carbonyl (C=O) groups is 2. The first-order valence-electron chi connectivity index (χ1n) is 8.31. The van der Waals surface area contributed by atoms with E-state index in [-0.39, 0.29) is 18.5 Å². The fourth-order valence-corrected chi connectivity index (χ4v) is 2.75. The van der Waals surface area contributed by atoms with E-state index in [2.05, 4.69) is 15.5 Å². The molecule has 0 aromatic heterocycles. The van der Waals surface area contributed by atoms with Crippen LogP contribution in [0.1, 0.15) is 20.3 Å². The van der Waals surface area contributed by atoms with Crippen molar-refractivity contribution in [1.82, 2.24) is 15.5 Å². The molecule has 1 atom stereocenters. The number of halogens is 1. The van der Waals surface area contributed by atoms with Crippen molar-refractivity contribution >= 4 is 29.2 Å². The molecule has 0 radical (unpaired) electrons. The number of carbonyl (C=O) groups excluding carboxylic acids is 2. The summed E-state index contributed by atoms with van der Waals surface area (Å²) >= 11 is 6.03. The lowest BCUT2D eigenvalue weighted by atomic mass is 10.2. The van der Waals surface area contributed by atoms with Gasteiger partial charge in [0.05, 0.1) is 6.54 Å². The predicted octanol–water partition coefficient (Wildman–Crippen LogP) is 2.09. The van der Waals surface area contributed by atoms with E-state index in [9.17, 15) is 9.59 Å². The molecular formula is C17H25ClN4O2. The van der Waals surface area contributed by atoms with Crippen LogP contribution in [-0.4, -0.2) is 55.6 Å². The van der Waals surface area contributed by atoms with Gasteiger partial charge in [-0.2, -0.15) is 0 Å². The van der Waals surface area contributed by atoms with Gasteiger partial charge in [0.15, 0.2) is 0 Å². The quantitative estimate of drug-likeness (QED) is 0.851. The van der Waals surface area contributed by atoms with Crippen molar-refractivity contribution in [2.75, 3.05) is 37.6 Å². The summed E-state index contributed by atoms with van der Waals surface area (Å²) in [6.07, 6.45) is 0.826. The second-order valence-electron chi connectivity index (χ2n) is 6.07. The van der Waals surface area contributed by atoms with Gasteiger partial charge in [-0.25, -0.2) is 4.79 Å². The molecular weight excluding hydrogens is 328 g/mol. The van der Waals surface area contributed by atoms with Crippen molar-refractivity contribution in [2.24, 2.45) is 0 Å². The summed E-state index contributed by atoms with van der Waals surface area (Å²) in [6.45, 7) is 7.31. The van der Waals surface area contributed by atoms with E-state index in [1.807, 2.05) is 43.0 Å². The van der Waals surface area contributed by atoms with Crippen LogP contribution < -0.4 is 15.5 Å². The summed E-state index contributed by atoms with van der Waals surface area (Å²) in [5.41, 5.74) is 1.10. The standard InChI is InChI=1S/C17H25ClN4O2/c1-3-13(2)19-17(24)20-16(23)12-21-7-9-22(10-8-21)15-6-4-5-14(18)11-15/h4-6,11,13H,3,7-10,12H2,1-2H3,(H2,19,20,23,24)/t13-/m0/s1. The summed E-state index contributed by atoms with van der Waals surface area (Å²) in [7, 11) is 0. The van der Waals surface area contributed by atoms with Crippen LogP contribution in [0, 0.1) is 0 Å². The van der Waals surface area contributed by atoms with Crippen LogP contribution >= 0.6 is 11.6 Å². The topological polar surface area (TPSA) is 64.7 Å². The van der Waals surface area contributed by atoms with Gasteiger partial charge in [0.2, 0.25) is 5.91 Å². The number of nitrogens with one attached hydrogen (secondary N) is 2. The molecule has 1 aliphatic heterocycles. The Bertz CT molecular complexity index is 573. The van der Waals surface area contributed by atoms with Crippen LogP contribution in [0.3, 0.4) is 0 Å². The molecule has 1 heterocycles. The monoisotopic (exact) mass is 352 g/mol. The lowest BCUT2D eigenvalue weighted by Crippen LogP contribution is -2.51. The largest absolute Gasteiger partial charge is 0.369 e. The third-order valence-corrected chi connectivity index (χ3v) is 4.39. The fraction of sp³-hybridized carbons (Fsp3) is 0.529. The number of anilines is 1. The highest BCUT2D eigenvalue weighted by atomic mass is 35.5. The van der Waals surface area contributed by atoms with Crippen molar-refractivity contribution in [3.63, 3.8) is 0 Å². The molecule has 1 aromatic rings. The molecule has 7 heteroatoms. The summed E-state index contributed by atoms with van der Waals surface area (Å²) in [5.74, 6) is -0.271. The van der Waals surface area contributed by atoms with Gasteiger partial charge in [0.25, 0.3) is 0 Å². The number of imide groups is 1. The molecule has 1 aliphatic rings. The van der Waals surface area contributed by atoms with E-state index in [0.29, 0.717) is 0 Å². The Morgan fingerprint density at radius 3 is 2.58 bits per heavy atom. The Hall–Kier alpha value is -1.79. The SMILES string of the molecule is CC[C@H](C)NC(=O)NC(=O)CN1CCN(c2cccc(Cl)c2)CC1. The van der Waals surface area contributed by atoms with Gasteiger partial charge >= 0.3 is 6.03 Å². The minimum Gasteiger partial charge on any atom is -0.369 e. The van der Waals surface area contributed by atoms with Crippen LogP contribution in [0.5, 0.6) is 0 Å². The van der Waals surface area contributed by atoms with Crippen LogP contribution in [0.4, 0.5) is 10.5 Å². The molecule has 3 amide bonds. The molecule has 0 unspecified atom stereocenters. The number of nitrogens with zero attached hydrogens (tertiary/aromatic N) is 2. The number of hydrogen-bond donors (Lipinski definition) is 2. The number of urea groups is 1. The summed E-state index contributed by atoms with van der Waals surface area (Å²) < 4.78 is 0. The molecule has 132 valence electrons. The van der Waals surface area contributed by atoms with Crippen LogP contribution in [0.2, 0.25) is 5.02 Å².